The average Bonchev–Trinajstić information content (AvgIpc) is 3.17. The van der Waals surface area contributed by atoms with Crippen molar-refractivity contribution in [3.63, 3.8) is 0 Å². The number of nitrogens with zero attached hydrogens (tertiary/aromatic N) is 1. The van der Waals surface area contributed by atoms with Crippen LogP contribution in [0.5, 0.6) is 0 Å². The summed E-state index contributed by atoms with van der Waals surface area (Å²) in [7, 11) is 0. The highest BCUT2D eigenvalue weighted by Gasteiger charge is 2.34. The molecule has 1 amide bonds. The highest BCUT2D eigenvalue weighted by atomic mass is 32.2. The molecule has 2 heterocycles. The van der Waals surface area contributed by atoms with Crippen molar-refractivity contribution in [2.45, 2.75) is 24.3 Å². The first kappa shape index (κ1) is 19.0. The van der Waals surface area contributed by atoms with Gasteiger partial charge in [0.15, 0.2) is 0 Å². The van der Waals surface area contributed by atoms with Crippen molar-refractivity contribution >= 4 is 28.6 Å². The number of hydrogen-bond acceptors (Lipinski definition) is 2. The number of carbonyl (C=O) groups excluding carboxylic acids is 1. The molecule has 30 heavy (non-hydrogen) atoms. The Kier molecular flexibility index (Phi) is 5.09. The van der Waals surface area contributed by atoms with Crippen molar-refractivity contribution in [1.29, 1.82) is 0 Å². The lowest BCUT2D eigenvalue weighted by molar-refractivity contribution is -0.130. The Labute approximate surface area is 181 Å². The summed E-state index contributed by atoms with van der Waals surface area (Å²) in [5, 5.41) is 1.27. The van der Waals surface area contributed by atoms with Crippen LogP contribution in [0.2, 0.25) is 0 Å². The van der Waals surface area contributed by atoms with E-state index in [2.05, 4.69) is 77.5 Å². The molecule has 4 heteroatoms. The summed E-state index contributed by atoms with van der Waals surface area (Å²) in [6.45, 7) is 2.83. The monoisotopic (exact) mass is 412 g/mol. The van der Waals surface area contributed by atoms with Gasteiger partial charge in [-0.1, -0.05) is 66.2 Å². The molecule has 0 fully saturated rings. The summed E-state index contributed by atoms with van der Waals surface area (Å²) in [4.78, 5) is 20.2. The van der Waals surface area contributed by atoms with Gasteiger partial charge in [0, 0.05) is 28.0 Å². The molecule has 5 rings (SSSR count). The first-order chi connectivity index (χ1) is 14.7. The Balaban J connectivity index is 1.51. The van der Waals surface area contributed by atoms with Crippen molar-refractivity contribution in [3.05, 3.63) is 101 Å². The molecule has 1 atom stereocenters. The molecule has 0 spiro atoms. The van der Waals surface area contributed by atoms with Crippen LogP contribution in [0.1, 0.15) is 28.4 Å². The van der Waals surface area contributed by atoms with E-state index in [-0.39, 0.29) is 11.9 Å². The number of aromatic amines is 1. The minimum atomic E-state index is -0.0781. The van der Waals surface area contributed by atoms with E-state index in [1.807, 2.05) is 18.2 Å². The van der Waals surface area contributed by atoms with Crippen LogP contribution < -0.4 is 0 Å². The molecular weight excluding hydrogens is 388 g/mol. The Morgan fingerprint density at radius 3 is 2.53 bits per heavy atom. The average molecular weight is 413 g/mol. The van der Waals surface area contributed by atoms with Crippen LogP contribution in [0, 0.1) is 6.92 Å². The van der Waals surface area contributed by atoms with Gasteiger partial charge >= 0.3 is 0 Å². The van der Waals surface area contributed by atoms with E-state index >= 15 is 0 Å². The van der Waals surface area contributed by atoms with E-state index in [0.717, 1.165) is 34.6 Å². The molecule has 1 aromatic heterocycles. The molecule has 3 aromatic carbocycles. The van der Waals surface area contributed by atoms with Gasteiger partial charge in [-0.15, -0.1) is 11.8 Å². The van der Waals surface area contributed by atoms with Gasteiger partial charge in [-0.2, -0.15) is 0 Å². The van der Waals surface area contributed by atoms with Crippen LogP contribution in [0.25, 0.3) is 10.9 Å². The van der Waals surface area contributed by atoms with E-state index in [1.54, 1.807) is 11.8 Å². The van der Waals surface area contributed by atoms with E-state index in [9.17, 15) is 4.79 Å². The number of carbonyl (C=O) groups is 1. The number of nitrogens with one attached hydrogen (secondary N) is 1. The van der Waals surface area contributed by atoms with E-state index in [0.29, 0.717) is 5.75 Å². The molecule has 1 unspecified atom stereocenters. The number of fused-ring (bicyclic) bond motifs is 3. The standard InChI is InChI=1S/C26H24N2OS/c1-18-11-13-19(14-12-18)26-25-22(21-9-5-6-10-23(21)27-25)15-16-28(26)24(29)17-30-20-7-3-2-4-8-20/h2-14,26-27H,15-17H2,1H3. The van der Waals surface area contributed by atoms with Crippen LogP contribution >= 0.6 is 11.8 Å². The maximum Gasteiger partial charge on any atom is 0.233 e. The van der Waals surface area contributed by atoms with Crippen molar-refractivity contribution in [2.24, 2.45) is 0 Å². The summed E-state index contributed by atoms with van der Waals surface area (Å²) in [5.74, 6) is 0.626. The topological polar surface area (TPSA) is 36.1 Å². The Bertz CT molecular complexity index is 1180. The normalized spacial score (nSPS) is 15.9. The van der Waals surface area contributed by atoms with E-state index < -0.39 is 0 Å². The minimum absolute atomic E-state index is 0.0781. The highest BCUT2D eigenvalue weighted by molar-refractivity contribution is 8.00. The fraction of sp³-hybridized carbons (Fsp3) is 0.192. The second-order valence-corrected chi connectivity index (χ2v) is 8.86. The quantitative estimate of drug-likeness (QED) is 0.434. The summed E-state index contributed by atoms with van der Waals surface area (Å²) in [5.41, 5.74) is 6.03. The zero-order valence-electron chi connectivity index (χ0n) is 17.0. The van der Waals surface area contributed by atoms with Crippen molar-refractivity contribution in [3.8, 4) is 0 Å². The number of benzene rings is 3. The second-order valence-electron chi connectivity index (χ2n) is 7.81. The van der Waals surface area contributed by atoms with Crippen molar-refractivity contribution in [2.75, 3.05) is 12.3 Å². The third-order valence-corrected chi connectivity index (χ3v) is 6.85. The van der Waals surface area contributed by atoms with Crippen molar-refractivity contribution < 1.29 is 4.79 Å². The minimum Gasteiger partial charge on any atom is -0.356 e. The van der Waals surface area contributed by atoms with Gasteiger partial charge in [0.25, 0.3) is 0 Å². The molecule has 4 aromatic rings. The number of aryl methyl sites for hydroxylation is 1. The number of amides is 1. The Morgan fingerprint density at radius 1 is 1.00 bits per heavy atom. The molecule has 1 aliphatic heterocycles. The molecule has 150 valence electrons. The van der Waals surface area contributed by atoms with Gasteiger partial charge in [-0.3, -0.25) is 4.79 Å². The Morgan fingerprint density at radius 2 is 1.73 bits per heavy atom. The lowest BCUT2D eigenvalue weighted by Gasteiger charge is -2.36. The van der Waals surface area contributed by atoms with E-state index in [4.69, 9.17) is 0 Å². The molecular formula is C26H24N2OS. The zero-order chi connectivity index (χ0) is 20.5. The van der Waals surface area contributed by atoms with Crippen LogP contribution in [0.4, 0.5) is 0 Å². The molecule has 0 saturated heterocycles. The van der Waals surface area contributed by atoms with E-state index in [1.165, 1.54) is 16.5 Å². The Hall–Kier alpha value is -2.98. The lowest BCUT2D eigenvalue weighted by Crippen LogP contribution is -2.41. The summed E-state index contributed by atoms with van der Waals surface area (Å²) < 4.78 is 0. The second kappa shape index (κ2) is 8.04. The number of rotatable bonds is 4. The highest BCUT2D eigenvalue weighted by Crippen LogP contribution is 2.39. The smallest absolute Gasteiger partial charge is 0.233 e. The molecule has 1 N–H and O–H groups in total. The molecule has 0 aliphatic carbocycles. The number of para-hydroxylation sites is 1. The predicted molar refractivity (Wildman–Crippen MR) is 124 cm³/mol. The summed E-state index contributed by atoms with van der Waals surface area (Å²) in [6.07, 6.45) is 0.878. The third-order valence-electron chi connectivity index (χ3n) is 5.85. The number of H-pyrrole nitrogens is 1. The molecule has 3 nitrogen and oxygen atoms in total. The van der Waals surface area contributed by atoms with Crippen LogP contribution in [0.3, 0.4) is 0 Å². The zero-order valence-corrected chi connectivity index (χ0v) is 17.8. The largest absolute Gasteiger partial charge is 0.356 e. The van der Waals surface area contributed by atoms with Gasteiger partial charge < -0.3 is 9.88 Å². The predicted octanol–water partition coefficient (Wildman–Crippen LogP) is 5.74. The maximum absolute atomic E-state index is 13.3. The van der Waals surface area contributed by atoms with Crippen molar-refractivity contribution in [1.82, 2.24) is 9.88 Å². The summed E-state index contributed by atoms with van der Waals surface area (Å²) >= 11 is 1.61. The van der Waals surface area contributed by atoms with Gasteiger partial charge in [-0.25, -0.2) is 0 Å². The number of thioether (sulfide) groups is 1. The lowest BCUT2D eigenvalue weighted by atomic mass is 9.92. The van der Waals surface area contributed by atoms with Crippen LogP contribution in [-0.2, 0) is 11.2 Å². The first-order valence-electron chi connectivity index (χ1n) is 10.3. The van der Waals surface area contributed by atoms with Gasteiger partial charge in [0.05, 0.1) is 11.8 Å². The molecule has 1 aliphatic rings. The first-order valence-corrected chi connectivity index (χ1v) is 11.3. The maximum atomic E-state index is 13.3. The SMILES string of the molecule is Cc1ccc(C2c3[nH]c4ccccc4c3CCN2C(=O)CSc2ccccc2)cc1. The third kappa shape index (κ3) is 3.52. The number of hydrogen-bond donors (Lipinski definition) is 1. The van der Waals surface area contributed by atoms with Gasteiger partial charge in [0.1, 0.15) is 0 Å². The van der Waals surface area contributed by atoms with Crippen LogP contribution in [-0.4, -0.2) is 28.1 Å². The fourth-order valence-electron chi connectivity index (χ4n) is 4.35. The van der Waals surface area contributed by atoms with Gasteiger partial charge in [0.2, 0.25) is 5.91 Å². The fourth-order valence-corrected chi connectivity index (χ4v) is 5.16. The number of aromatic nitrogens is 1. The van der Waals surface area contributed by atoms with Gasteiger partial charge in [-0.05, 0) is 42.7 Å². The van der Waals surface area contributed by atoms with Crippen LogP contribution in [0.15, 0.2) is 83.8 Å². The molecule has 0 radical (unpaired) electrons. The summed E-state index contributed by atoms with van der Waals surface area (Å²) in [6, 6.07) is 27.1. The molecule has 0 bridgehead atoms. The molecule has 0 saturated carbocycles.